The third kappa shape index (κ3) is 2.20. The van der Waals surface area contributed by atoms with Crippen molar-refractivity contribution in [3.8, 4) is 0 Å². The van der Waals surface area contributed by atoms with Crippen molar-refractivity contribution in [3.05, 3.63) is 27.7 Å². The number of aryl methyl sites for hydroxylation is 2. The maximum atomic E-state index is 3.65. The summed E-state index contributed by atoms with van der Waals surface area (Å²) in [5.41, 5.74) is 4.11. The highest BCUT2D eigenvalue weighted by Gasteiger charge is 2.21. The Hall–Kier alpha value is -0.500. The largest absolute Gasteiger partial charge is 0.381 e. The Bertz CT molecular complexity index is 371. The third-order valence-corrected chi connectivity index (χ3v) is 3.80. The van der Waals surface area contributed by atoms with Crippen molar-refractivity contribution in [2.45, 2.75) is 39.7 Å². The van der Waals surface area contributed by atoms with Gasteiger partial charge in [-0.05, 0) is 58.8 Å². The molecule has 0 saturated heterocycles. The van der Waals surface area contributed by atoms with Gasteiger partial charge in [-0.25, -0.2) is 0 Å². The van der Waals surface area contributed by atoms with E-state index in [1.54, 1.807) is 0 Å². The van der Waals surface area contributed by atoms with Gasteiger partial charge in [-0.1, -0.05) is 19.9 Å². The van der Waals surface area contributed by atoms with Crippen molar-refractivity contribution in [1.29, 1.82) is 0 Å². The number of anilines is 1. The Morgan fingerprint density at radius 2 is 2.13 bits per heavy atom. The van der Waals surface area contributed by atoms with E-state index in [2.05, 4.69) is 54.2 Å². The summed E-state index contributed by atoms with van der Waals surface area (Å²) in [5, 5.41) is 3.65. The second-order valence-electron chi connectivity index (χ2n) is 4.81. The standard InChI is InChI=1S/C13H18BrN/c1-8(2)12-5-4-10-6-9(3)7-11(14)13(10)15-12/h6-8,12,15H,4-5H2,1-3H3. The van der Waals surface area contributed by atoms with Gasteiger partial charge < -0.3 is 5.32 Å². The van der Waals surface area contributed by atoms with E-state index >= 15 is 0 Å². The number of rotatable bonds is 1. The van der Waals surface area contributed by atoms with Gasteiger partial charge in [-0.3, -0.25) is 0 Å². The van der Waals surface area contributed by atoms with Crippen molar-refractivity contribution in [2.75, 3.05) is 5.32 Å². The second kappa shape index (κ2) is 4.17. The van der Waals surface area contributed by atoms with Gasteiger partial charge in [0.1, 0.15) is 0 Å². The molecule has 1 aromatic rings. The summed E-state index contributed by atoms with van der Waals surface area (Å²) >= 11 is 3.65. The van der Waals surface area contributed by atoms with Gasteiger partial charge in [0.25, 0.3) is 0 Å². The summed E-state index contributed by atoms with van der Waals surface area (Å²) in [5.74, 6) is 0.700. The topological polar surface area (TPSA) is 12.0 Å². The molecule has 1 unspecified atom stereocenters. The van der Waals surface area contributed by atoms with Crippen LogP contribution in [-0.2, 0) is 6.42 Å². The summed E-state index contributed by atoms with van der Waals surface area (Å²) in [6.45, 7) is 6.72. The molecule has 2 rings (SSSR count). The molecular weight excluding hydrogens is 250 g/mol. The summed E-state index contributed by atoms with van der Waals surface area (Å²) in [7, 11) is 0. The van der Waals surface area contributed by atoms with E-state index in [1.165, 1.54) is 34.1 Å². The van der Waals surface area contributed by atoms with Crippen LogP contribution in [0.25, 0.3) is 0 Å². The lowest BCUT2D eigenvalue weighted by Crippen LogP contribution is -2.30. The van der Waals surface area contributed by atoms with E-state index in [4.69, 9.17) is 0 Å². The first-order chi connectivity index (χ1) is 7.08. The fourth-order valence-electron chi connectivity index (χ4n) is 2.24. The minimum absolute atomic E-state index is 0.622. The molecule has 0 aliphatic carbocycles. The average Bonchev–Trinajstić information content (AvgIpc) is 2.16. The second-order valence-corrected chi connectivity index (χ2v) is 5.67. The molecule has 0 radical (unpaired) electrons. The Kier molecular flexibility index (Phi) is 3.06. The first kappa shape index (κ1) is 11.0. The summed E-state index contributed by atoms with van der Waals surface area (Å²) in [4.78, 5) is 0. The molecule has 0 spiro atoms. The highest BCUT2D eigenvalue weighted by molar-refractivity contribution is 9.10. The van der Waals surface area contributed by atoms with Crippen molar-refractivity contribution in [2.24, 2.45) is 5.92 Å². The Labute approximate surface area is 100 Å². The van der Waals surface area contributed by atoms with Crippen LogP contribution in [0.4, 0.5) is 5.69 Å². The van der Waals surface area contributed by atoms with E-state index < -0.39 is 0 Å². The number of fused-ring (bicyclic) bond motifs is 1. The van der Waals surface area contributed by atoms with Crippen molar-refractivity contribution < 1.29 is 0 Å². The zero-order valence-corrected chi connectivity index (χ0v) is 11.2. The lowest BCUT2D eigenvalue weighted by molar-refractivity contribution is 0.482. The molecule has 2 heteroatoms. The highest BCUT2D eigenvalue weighted by atomic mass is 79.9. The van der Waals surface area contributed by atoms with Crippen LogP contribution in [0.2, 0.25) is 0 Å². The molecular formula is C13H18BrN. The zero-order valence-electron chi connectivity index (χ0n) is 9.60. The SMILES string of the molecule is Cc1cc(Br)c2c(c1)CCC(C(C)C)N2. The fourth-order valence-corrected chi connectivity index (χ4v) is 2.97. The van der Waals surface area contributed by atoms with Crippen LogP contribution in [0.15, 0.2) is 16.6 Å². The van der Waals surface area contributed by atoms with Crippen molar-refractivity contribution >= 4 is 21.6 Å². The van der Waals surface area contributed by atoms with Gasteiger partial charge >= 0.3 is 0 Å². The zero-order chi connectivity index (χ0) is 11.0. The minimum Gasteiger partial charge on any atom is -0.381 e. The Balaban J connectivity index is 2.33. The number of hydrogen-bond acceptors (Lipinski definition) is 1. The van der Waals surface area contributed by atoms with Gasteiger partial charge in [0.15, 0.2) is 0 Å². The van der Waals surface area contributed by atoms with Crippen LogP contribution in [0.3, 0.4) is 0 Å². The van der Waals surface area contributed by atoms with Crippen molar-refractivity contribution in [3.63, 3.8) is 0 Å². The molecule has 0 amide bonds. The predicted molar refractivity (Wildman–Crippen MR) is 69.4 cm³/mol. The monoisotopic (exact) mass is 267 g/mol. The highest BCUT2D eigenvalue weighted by Crippen LogP contribution is 2.34. The van der Waals surface area contributed by atoms with Gasteiger partial charge in [-0.2, -0.15) is 0 Å². The molecule has 15 heavy (non-hydrogen) atoms. The lowest BCUT2D eigenvalue weighted by Gasteiger charge is -2.31. The Morgan fingerprint density at radius 1 is 1.40 bits per heavy atom. The van der Waals surface area contributed by atoms with Crippen LogP contribution < -0.4 is 5.32 Å². The molecule has 82 valence electrons. The van der Waals surface area contributed by atoms with Crippen LogP contribution in [0, 0.1) is 12.8 Å². The maximum Gasteiger partial charge on any atom is 0.0519 e. The van der Waals surface area contributed by atoms with Gasteiger partial charge in [-0.15, -0.1) is 0 Å². The summed E-state index contributed by atoms with van der Waals surface area (Å²) < 4.78 is 1.21. The van der Waals surface area contributed by atoms with Gasteiger partial charge in [0.2, 0.25) is 0 Å². The van der Waals surface area contributed by atoms with E-state index in [0.29, 0.717) is 12.0 Å². The molecule has 1 N–H and O–H groups in total. The first-order valence-corrected chi connectivity index (χ1v) is 6.43. The molecule has 1 aromatic carbocycles. The smallest absolute Gasteiger partial charge is 0.0519 e. The molecule has 0 aromatic heterocycles. The lowest BCUT2D eigenvalue weighted by atomic mass is 9.91. The van der Waals surface area contributed by atoms with Gasteiger partial charge in [0.05, 0.1) is 5.69 Å². The maximum absolute atomic E-state index is 3.65. The molecule has 1 aliphatic heterocycles. The van der Waals surface area contributed by atoms with E-state index in [1.807, 2.05) is 0 Å². The van der Waals surface area contributed by atoms with E-state index in [-0.39, 0.29) is 0 Å². The summed E-state index contributed by atoms with van der Waals surface area (Å²) in [6.07, 6.45) is 2.45. The van der Waals surface area contributed by atoms with Crippen LogP contribution in [0.1, 0.15) is 31.4 Å². The number of nitrogens with one attached hydrogen (secondary N) is 1. The quantitative estimate of drug-likeness (QED) is 0.807. The molecule has 1 nitrogen and oxygen atoms in total. The van der Waals surface area contributed by atoms with Crippen LogP contribution >= 0.6 is 15.9 Å². The minimum atomic E-state index is 0.622. The normalized spacial score (nSPS) is 19.9. The van der Waals surface area contributed by atoms with E-state index in [0.717, 1.165) is 0 Å². The molecule has 0 bridgehead atoms. The number of halogens is 1. The molecule has 1 heterocycles. The van der Waals surface area contributed by atoms with E-state index in [9.17, 15) is 0 Å². The third-order valence-electron chi connectivity index (χ3n) is 3.18. The molecule has 1 atom stereocenters. The summed E-state index contributed by atoms with van der Waals surface area (Å²) in [6, 6.07) is 5.11. The average molecular weight is 268 g/mol. The van der Waals surface area contributed by atoms with Crippen LogP contribution in [0.5, 0.6) is 0 Å². The molecule has 0 fully saturated rings. The van der Waals surface area contributed by atoms with Crippen LogP contribution in [-0.4, -0.2) is 6.04 Å². The Morgan fingerprint density at radius 3 is 2.80 bits per heavy atom. The predicted octanol–water partition coefficient (Wildman–Crippen LogP) is 4.14. The molecule has 0 saturated carbocycles. The van der Waals surface area contributed by atoms with Crippen molar-refractivity contribution in [1.82, 2.24) is 0 Å². The fraction of sp³-hybridized carbons (Fsp3) is 0.538. The first-order valence-electron chi connectivity index (χ1n) is 5.63. The van der Waals surface area contributed by atoms with Gasteiger partial charge in [0, 0.05) is 10.5 Å². The number of benzene rings is 1. The number of hydrogen-bond donors (Lipinski definition) is 1. The molecule has 1 aliphatic rings.